The fourth-order valence-electron chi connectivity index (χ4n) is 4.34. The lowest BCUT2D eigenvalue weighted by Crippen LogP contribution is -2.49. The molecule has 3 rings (SSSR count). The van der Waals surface area contributed by atoms with Crippen molar-refractivity contribution in [3.63, 3.8) is 0 Å². The summed E-state index contributed by atoms with van der Waals surface area (Å²) in [7, 11) is 0. The molecule has 6 heteroatoms. The Balaban J connectivity index is 1.47. The quantitative estimate of drug-likeness (QED) is 0.719. The third-order valence-electron chi connectivity index (χ3n) is 5.98. The van der Waals surface area contributed by atoms with Crippen LogP contribution >= 0.6 is 0 Å². The summed E-state index contributed by atoms with van der Waals surface area (Å²) in [6, 6.07) is 9.72. The van der Waals surface area contributed by atoms with Crippen molar-refractivity contribution in [3.8, 4) is 0 Å². The highest BCUT2D eigenvalue weighted by atomic mass is 16.4. The Labute approximate surface area is 167 Å². The molecule has 1 aromatic rings. The van der Waals surface area contributed by atoms with Crippen molar-refractivity contribution in [2.45, 2.75) is 51.0 Å². The zero-order valence-electron chi connectivity index (χ0n) is 16.7. The molecule has 2 N–H and O–H groups in total. The smallest absolute Gasteiger partial charge is 0.317 e. The third-order valence-corrected chi connectivity index (χ3v) is 5.98. The van der Waals surface area contributed by atoms with Crippen molar-refractivity contribution in [3.05, 3.63) is 35.9 Å². The first-order valence-corrected chi connectivity index (χ1v) is 10.6. The van der Waals surface area contributed by atoms with Gasteiger partial charge >= 0.3 is 12.0 Å². The van der Waals surface area contributed by atoms with Gasteiger partial charge in [-0.15, -0.1) is 0 Å². The second kappa shape index (κ2) is 10.5. The van der Waals surface area contributed by atoms with E-state index in [-0.39, 0.29) is 18.5 Å². The van der Waals surface area contributed by atoms with Gasteiger partial charge in [-0.05, 0) is 63.1 Å². The zero-order valence-corrected chi connectivity index (χ0v) is 16.7. The van der Waals surface area contributed by atoms with Crippen LogP contribution < -0.4 is 5.32 Å². The number of hydrogen-bond donors (Lipinski definition) is 2. The maximum absolute atomic E-state index is 12.8. The zero-order chi connectivity index (χ0) is 19.8. The van der Waals surface area contributed by atoms with Crippen molar-refractivity contribution in [1.82, 2.24) is 15.1 Å². The second-order valence-corrected chi connectivity index (χ2v) is 8.21. The second-order valence-electron chi connectivity index (χ2n) is 8.21. The Morgan fingerprint density at radius 2 is 1.75 bits per heavy atom. The van der Waals surface area contributed by atoms with Crippen LogP contribution in [0.5, 0.6) is 0 Å². The van der Waals surface area contributed by atoms with Crippen LogP contribution in [-0.2, 0) is 11.2 Å². The molecule has 0 spiro atoms. The van der Waals surface area contributed by atoms with Crippen LogP contribution in [0.25, 0.3) is 0 Å². The Hall–Kier alpha value is -2.08. The van der Waals surface area contributed by atoms with E-state index in [1.807, 2.05) is 35.2 Å². The minimum atomic E-state index is -0.824. The summed E-state index contributed by atoms with van der Waals surface area (Å²) in [5, 5.41) is 12.1. The number of carbonyl (C=O) groups is 2. The van der Waals surface area contributed by atoms with Gasteiger partial charge in [0.1, 0.15) is 0 Å². The molecule has 2 amide bonds. The molecule has 2 fully saturated rings. The number of carboxylic acids is 1. The molecule has 6 nitrogen and oxygen atoms in total. The van der Waals surface area contributed by atoms with Crippen LogP contribution in [0.4, 0.5) is 4.79 Å². The van der Waals surface area contributed by atoms with E-state index in [1.165, 1.54) is 32.5 Å². The average Bonchev–Trinajstić information content (AvgIpc) is 3.20. The van der Waals surface area contributed by atoms with E-state index in [1.54, 1.807) is 0 Å². The van der Waals surface area contributed by atoms with E-state index in [2.05, 4.69) is 10.2 Å². The predicted octanol–water partition coefficient (Wildman–Crippen LogP) is 2.98. The normalized spacial score (nSPS) is 19.5. The Morgan fingerprint density at radius 3 is 2.39 bits per heavy atom. The number of carbonyl (C=O) groups excluding carboxylic acids is 1. The number of amides is 2. The number of rotatable bonds is 8. The topological polar surface area (TPSA) is 72.9 Å². The molecule has 2 aliphatic rings. The van der Waals surface area contributed by atoms with Gasteiger partial charge < -0.3 is 20.2 Å². The van der Waals surface area contributed by atoms with Gasteiger partial charge in [0.15, 0.2) is 0 Å². The molecule has 0 saturated carbocycles. The maximum atomic E-state index is 12.8. The Kier molecular flexibility index (Phi) is 7.71. The summed E-state index contributed by atoms with van der Waals surface area (Å²) >= 11 is 0. The molecule has 0 aromatic heterocycles. The van der Waals surface area contributed by atoms with E-state index < -0.39 is 5.97 Å². The largest absolute Gasteiger partial charge is 0.481 e. The number of likely N-dealkylation sites (tertiary alicyclic amines) is 2. The van der Waals surface area contributed by atoms with Crippen LogP contribution in [0.2, 0.25) is 0 Å². The highest BCUT2D eigenvalue weighted by Gasteiger charge is 2.26. The minimum Gasteiger partial charge on any atom is -0.481 e. The Morgan fingerprint density at radius 1 is 1.07 bits per heavy atom. The van der Waals surface area contributed by atoms with Crippen molar-refractivity contribution in [1.29, 1.82) is 0 Å². The van der Waals surface area contributed by atoms with Gasteiger partial charge in [-0.3, -0.25) is 4.79 Å². The van der Waals surface area contributed by atoms with Gasteiger partial charge in [0.2, 0.25) is 0 Å². The SMILES string of the molecule is O=C(O)CCC(Cc1ccccc1)NC(=O)N1CCC(CN2CCCC2)CC1. The summed E-state index contributed by atoms with van der Waals surface area (Å²) in [6.45, 7) is 5.21. The third kappa shape index (κ3) is 6.51. The van der Waals surface area contributed by atoms with E-state index in [9.17, 15) is 9.59 Å². The van der Waals surface area contributed by atoms with Gasteiger partial charge in [-0.1, -0.05) is 30.3 Å². The van der Waals surface area contributed by atoms with Crippen LogP contribution in [0.1, 0.15) is 44.1 Å². The molecule has 2 saturated heterocycles. The standard InChI is InChI=1S/C22H33N3O3/c26-21(27)9-8-20(16-18-6-2-1-3-7-18)23-22(28)25-14-10-19(11-15-25)17-24-12-4-5-13-24/h1-3,6-7,19-20H,4-5,8-17H2,(H,23,28)(H,26,27). The molecule has 2 aliphatic heterocycles. The van der Waals surface area contributed by atoms with Crippen LogP contribution in [0.15, 0.2) is 30.3 Å². The summed E-state index contributed by atoms with van der Waals surface area (Å²) in [5.41, 5.74) is 1.11. The number of nitrogens with one attached hydrogen (secondary N) is 1. The average molecular weight is 388 g/mol. The monoisotopic (exact) mass is 387 g/mol. The molecule has 154 valence electrons. The van der Waals surface area contributed by atoms with Gasteiger partial charge in [-0.25, -0.2) is 4.79 Å². The van der Waals surface area contributed by atoms with Gasteiger partial charge in [0.25, 0.3) is 0 Å². The van der Waals surface area contributed by atoms with Gasteiger partial charge in [-0.2, -0.15) is 0 Å². The fourth-order valence-corrected chi connectivity index (χ4v) is 4.34. The summed E-state index contributed by atoms with van der Waals surface area (Å²) < 4.78 is 0. The first-order chi connectivity index (χ1) is 13.6. The number of benzene rings is 1. The molecule has 0 bridgehead atoms. The van der Waals surface area contributed by atoms with E-state index in [0.717, 1.165) is 31.5 Å². The van der Waals surface area contributed by atoms with Crippen molar-refractivity contribution < 1.29 is 14.7 Å². The van der Waals surface area contributed by atoms with Crippen LogP contribution in [0, 0.1) is 5.92 Å². The van der Waals surface area contributed by atoms with Crippen molar-refractivity contribution in [2.75, 3.05) is 32.7 Å². The number of urea groups is 1. The first kappa shape index (κ1) is 20.6. The number of nitrogens with zero attached hydrogens (tertiary/aromatic N) is 2. The number of hydrogen-bond acceptors (Lipinski definition) is 3. The molecule has 0 aliphatic carbocycles. The summed E-state index contributed by atoms with van der Waals surface area (Å²) in [4.78, 5) is 28.2. The first-order valence-electron chi connectivity index (χ1n) is 10.6. The molecular formula is C22H33N3O3. The van der Waals surface area contributed by atoms with E-state index in [4.69, 9.17) is 5.11 Å². The number of carboxylic acid groups (broad SMARTS) is 1. The summed E-state index contributed by atoms with van der Waals surface area (Å²) in [5.74, 6) is -0.135. The highest BCUT2D eigenvalue weighted by molar-refractivity contribution is 5.75. The lowest BCUT2D eigenvalue weighted by atomic mass is 9.96. The van der Waals surface area contributed by atoms with E-state index in [0.29, 0.717) is 18.8 Å². The highest BCUT2D eigenvalue weighted by Crippen LogP contribution is 2.21. The van der Waals surface area contributed by atoms with Gasteiger partial charge in [0.05, 0.1) is 0 Å². The van der Waals surface area contributed by atoms with Gasteiger partial charge in [0, 0.05) is 32.1 Å². The van der Waals surface area contributed by atoms with Crippen LogP contribution in [-0.4, -0.2) is 65.7 Å². The number of piperidine rings is 1. The Bertz CT molecular complexity index is 623. The molecule has 1 unspecified atom stereocenters. The lowest BCUT2D eigenvalue weighted by Gasteiger charge is -2.34. The van der Waals surface area contributed by atoms with Crippen LogP contribution in [0.3, 0.4) is 0 Å². The van der Waals surface area contributed by atoms with Crippen molar-refractivity contribution in [2.24, 2.45) is 5.92 Å². The predicted molar refractivity (Wildman–Crippen MR) is 109 cm³/mol. The maximum Gasteiger partial charge on any atom is 0.317 e. The molecular weight excluding hydrogens is 354 g/mol. The minimum absolute atomic E-state index is 0.0501. The van der Waals surface area contributed by atoms with E-state index >= 15 is 0 Å². The molecule has 1 atom stereocenters. The molecule has 2 heterocycles. The van der Waals surface area contributed by atoms with Crippen molar-refractivity contribution >= 4 is 12.0 Å². The molecule has 0 radical (unpaired) electrons. The molecule has 1 aromatic carbocycles. The lowest BCUT2D eigenvalue weighted by molar-refractivity contribution is -0.137. The molecule has 28 heavy (non-hydrogen) atoms. The fraction of sp³-hybridized carbons (Fsp3) is 0.636. The number of aliphatic carboxylic acids is 1. The summed E-state index contributed by atoms with van der Waals surface area (Å²) in [6.07, 6.45) is 5.92.